The zero-order chi connectivity index (χ0) is 16.1. The second kappa shape index (κ2) is 7.44. The lowest BCUT2D eigenvalue weighted by Crippen LogP contribution is -1.90. The lowest BCUT2D eigenvalue weighted by Gasteiger charge is -1.97. The van der Waals surface area contributed by atoms with Crippen molar-refractivity contribution in [1.29, 1.82) is 0 Å². The predicted octanol–water partition coefficient (Wildman–Crippen LogP) is 5.29. The van der Waals surface area contributed by atoms with Gasteiger partial charge in [-0.1, -0.05) is 42.5 Å². The number of benzene rings is 2. The molecule has 0 atom stereocenters. The molecule has 3 rings (SSSR count). The van der Waals surface area contributed by atoms with Crippen LogP contribution in [0.5, 0.6) is 0 Å². The fraction of sp³-hybridized carbons (Fsp3) is 0.111. The molecule has 5 heteroatoms. The summed E-state index contributed by atoms with van der Waals surface area (Å²) in [5.74, 6) is 0. The minimum atomic E-state index is 0.804. The Bertz CT molecular complexity index is 793. The van der Waals surface area contributed by atoms with E-state index in [-0.39, 0.29) is 0 Å². The number of thiazole rings is 1. The zero-order valence-corrected chi connectivity index (χ0v) is 14.6. The van der Waals surface area contributed by atoms with Crippen molar-refractivity contribution in [3.63, 3.8) is 0 Å². The number of hydrazone groups is 1. The van der Waals surface area contributed by atoms with E-state index in [1.54, 1.807) is 23.1 Å². The van der Waals surface area contributed by atoms with Gasteiger partial charge in [-0.25, -0.2) is 4.98 Å². The summed E-state index contributed by atoms with van der Waals surface area (Å²) in [5.41, 5.74) is 6.23. The Kier molecular flexibility index (Phi) is 5.10. The maximum Gasteiger partial charge on any atom is 0.204 e. The quantitative estimate of drug-likeness (QED) is 0.390. The minimum absolute atomic E-state index is 0.804. The van der Waals surface area contributed by atoms with Crippen LogP contribution in [0, 0.1) is 6.92 Å². The van der Waals surface area contributed by atoms with E-state index < -0.39 is 0 Å². The summed E-state index contributed by atoms with van der Waals surface area (Å²) in [7, 11) is 0. The number of nitrogens with zero attached hydrogens (tertiary/aromatic N) is 2. The standard InChI is InChI=1S/C18H17N3S2/c1-13-17(15-6-4-3-5-7-15)20-18(23-13)21-19-12-14-8-10-16(22-2)11-9-14/h3-12H,1-2H3,(H,20,21)/b19-12+. The normalized spacial score (nSPS) is 11.0. The van der Waals surface area contributed by atoms with E-state index in [4.69, 9.17) is 0 Å². The third-order valence-corrected chi connectivity index (χ3v) is 4.95. The van der Waals surface area contributed by atoms with Gasteiger partial charge in [-0.3, -0.25) is 5.43 Å². The van der Waals surface area contributed by atoms with Crippen LogP contribution in [0.1, 0.15) is 10.4 Å². The summed E-state index contributed by atoms with van der Waals surface area (Å²) in [6, 6.07) is 18.5. The third kappa shape index (κ3) is 4.00. The van der Waals surface area contributed by atoms with E-state index in [0.717, 1.165) is 22.0 Å². The zero-order valence-electron chi connectivity index (χ0n) is 13.0. The first kappa shape index (κ1) is 15.8. The Morgan fingerprint density at radius 3 is 2.52 bits per heavy atom. The molecule has 23 heavy (non-hydrogen) atoms. The van der Waals surface area contributed by atoms with Gasteiger partial charge in [-0.05, 0) is 30.9 Å². The van der Waals surface area contributed by atoms with Crippen LogP contribution >= 0.6 is 23.1 Å². The second-order valence-corrected chi connectivity index (χ2v) is 7.02. The number of aromatic nitrogens is 1. The molecular weight excluding hydrogens is 322 g/mol. The smallest absolute Gasteiger partial charge is 0.204 e. The van der Waals surface area contributed by atoms with Crippen molar-refractivity contribution in [2.24, 2.45) is 5.10 Å². The summed E-state index contributed by atoms with van der Waals surface area (Å²) >= 11 is 3.34. The molecule has 0 saturated carbocycles. The Labute approximate surface area is 144 Å². The molecule has 116 valence electrons. The van der Waals surface area contributed by atoms with Crippen LogP contribution in [0.4, 0.5) is 5.13 Å². The highest BCUT2D eigenvalue weighted by Gasteiger charge is 2.08. The van der Waals surface area contributed by atoms with Crippen molar-refractivity contribution in [3.8, 4) is 11.3 Å². The van der Waals surface area contributed by atoms with Crippen LogP contribution in [-0.2, 0) is 0 Å². The number of thioether (sulfide) groups is 1. The van der Waals surface area contributed by atoms with Crippen molar-refractivity contribution in [3.05, 3.63) is 65.0 Å². The average molecular weight is 339 g/mol. The molecule has 0 radical (unpaired) electrons. The van der Waals surface area contributed by atoms with Gasteiger partial charge in [0.2, 0.25) is 5.13 Å². The highest BCUT2D eigenvalue weighted by atomic mass is 32.2. The van der Waals surface area contributed by atoms with Crippen LogP contribution in [0.15, 0.2) is 64.6 Å². The number of aryl methyl sites for hydroxylation is 1. The fourth-order valence-electron chi connectivity index (χ4n) is 2.16. The molecule has 1 heterocycles. The fourth-order valence-corrected chi connectivity index (χ4v) is 3.35. The van der Waals surface area contributed by atoms with Gasteiger partial charge in [0, 0.05) is 15.3 Å². The van der Waals surface area contributed by atoms with Gasteiger partial charge in [0.15, 0.2) is 0 Å². The van der Waals surface area contributed by atoms with E-state index in [0.29, 0.717) is 0 Å². The third-order valence-electron chi connectivity index (χ3n) is 3.33. The van der Waals surface area contributed by atoms with Crippen molar-refractivity contribution < 1.29 is 0 Å². The number of nitrogens with one attached hydrogen (secondary N) is 1. The number of rotatable bonds is 5. The molecule has 2 aromatic carbocycles. The minimum Gasteiger partial charge on any atom is -0.253 e. The van der Waals surface area contributed by atoms with Crippen molar-refractivity contribution in [2.45, 2.75) is 11.8 Å². The molecule has 0 bridgehead atoms. The molecule has 3 aromatic rings. The summed E-state index contributed by atoms with van der Waals surface area (Å²) in [4.78, 5) is 7.06. The van der Waals surface area contributed by atoms with Gasteiger partial charge in [0.05, 0.1) is 11.9 Å². The summed E-state index contributed by atoms with van der Waals surface area (Å²) < 4.78 is 0. The summed E-state index contributed by atoms with van der Waals surface area (Å²) in [6.07, 6.45) is 3.88. The van der Waals surface area contributed by atoms with Crippen molar-refractivity contribution in [1.82, 2.24) is 4.98 Å². The van der Waals surface area contributed by atoms with Gasteiger partial charge in [-0.2, -0.15) is 5.10 Å². The van der Waals surface area contributed by atoms with E-state index >= 15 is 0 Å². The SMILES string of the molecule is CSc1ccc(/C=N/Nc2nc(-c3ccccc3)c(C)s2)cc1. The molecule has 0 spiro atoms. The Balaban J connectivity index is 1.70. The first-order valence-corrected chi connectivity index (χ1v) is 9.26. The molecule has 0 saturated heterocycles. The van der Waals surface area contributed by atoms with Gasteiger partial charge < -0.3 is 0 Å². The van der Waals surface area contributed by atoms with E-state index in [2.05, 4.69) is 65.1 Å². The summed E-state index contributed by atoms with van der Waals surface area (Å²) in [5, 5.41) is 5.09. The molecule has 0 amide bonds. The van der Waals surface area contributed by atoms with Gasteiger partial charge in [-0.15, -0.1) is 23.1 Å². The molecular formula is C18H17N3S2. The molecule has 0 fully saturated rings. The van der Waals surface area contributed by atoms with Crippen LogP contribution < -0.4 is 5.43 Å². The first-order chi connectivity index (χ1) is 11.3. The molecule has 3 nitrogen and oxygen atoms in total. The van der Waals surface area contributed by atoms with Gasteiger partial charge in [0.25, 0.3) is 0 Å². The van der Waals surface area contributed by atoms with Crippen LogP contribution in [0.25, 0.3) is 11.3 Å². The molecule has 0 aliphatic carbocycles. The number of hydrogen-bond acceptors (Lipinski definition) is 5. The highest BCUT2D eigenvalue weighted by Crippen LogP contribution is 2.30. The lowest BCUT2D eigenvalue weighted by atomic mass is 10.1. The predicted molar refractivity (Wildman–Crippen MR) is 102 cm³/mol. The van der Waals surface area contributed by atoms with Gasteiger partial charge in [0.1, 0.15) is 0 Å². The molecule has 1 aromatic heterocycles. The average Bonchev–Trinajstić information content (AvgIpc) is 2.97. The molecule has 0 unspecified atom stereocenters. The Morgan fingerprint density at radius 2 is 1.83 bits per heavy atom. The maximum atomic E-state index is 4.63. The van der Waals surface area contributed by atoms with E-state index in [9.17, 15) is 0 Å². The molecule has 0 aliphatic heterocycles. The van der Waals surface area contributed by atoms with Crippen LogP contribution in [0.2, 0.25) is 0 Å². The van der Waals surface area contributed by atoms with E-state index in [1.165, 1.54) is 9.77 Å². The monoisotopic (exact) mass is 339 g/mol. The molecule has 0 aliphatic rings. The molecule has 1 N–H and O–H groups in total. The lowest BCUT2D eigenvalue weighted by molar-refractivity contribution is 1.28. The number of hydrogen-bond donors (Lipinski definition) is 1. The van der Waals surface area contributed by atoms with E-state index in [1.807, 2.05) is 24.4 Å². The van der Waals surface area contributed by atoms with Gasteiger partial charge >= 0.3 is 0 Å². The second-order valence-electron chi connectivity index (χ2n) is 4.93. The number of anilines is 1. The first-order valence-electron chi connectivity index (χ1n) is 7.22. The Hall–Kier alpha value is -2.11. The van der Waals surface area contributed by atoms with Crippen LogP contribution in [-0.4, -0.2) is 17.5 Å². The highest BCUT2D eigenvalue weighted by molar-refractivity contribution is 7.98. The Morgan fingerprint density at radius 1 is 1.09 bits per heavy atom. The van der Waals surface area contributed by atoms with Crippen LogP contribution in [0.3, 0.4) is 0 Å². The van der Waals surface area contributed by atoms with Crippen molar-refractivity contribution >= 4 is 34.4 Å². The van der Waals surface area contributed by atoms with Crippen molar-refractivity contribution in [2.75, 3.05) is 11.7 Å². The summed E-state index contributed by atoms with van der Waals surface area (Å²) in [6.45, 7) is 2.08. The maximum absolute atomic E-state index is 4.63. The largest absolute Gasteiger partial charge is 0.253 e. The topological polar surface area (TPSA) is 37.3 Å².